The zero-order valence-electron chi connectivity index (χ0n) is 11.6. The number of H-pyrrole nitrogens is 1. The third kappa shape index (κ3) is 2.15. The summed E-state index contributed by atoms with van der Waals surface area (Å²) in [4.78, 5) is 4.71. The molecule has 2 aromatic rings. The highest BCUT2D eigenvalue weighted by Crippen LogP contribution is 2.34. The van der Waals surface area contributed by atoms with Gasteiger partial charge in [-0.05, 0) is 37.7 Å². The van der Waals surface area contributed by atoms with E-state index in [4.69, 9.17) is 9.51 Å². The summed E-state index contributed by atoms with van der Waals surface area (Å²) < 4.78 is 5.56. The highest BCUT2D eigenvalue weighted by Gasteiger charge is 2.28. The van der Waals surface area contributed by atoms with Crippen LogP contribution >= 0.6 is 0 Å². The van der Waals surface area contributed by atoms with E-state index in [0.29, 0.717) is 11.8 Å². The van der Waals surface area contributed by atoms with Gasteiger partial charge in [0.05, 0.1) is 6.20 Å². The van der Waals surface area contributed by atoms with Gasteiger partial charge < -0.3 is 4.52 Å². The van der Waals surface area contributed by atoms with Crippen LogP contribution in [0, 0.1) is 0 Å². The van der Waals surface area contributed by atoms with Crippen LogP contribution in [0.5, 0.6) is 0 Å². The average Bonchev–Trinajstić information content (AvgIpc) is 3.16. The standard InChI is InChI=1S/C15H20N4O/c1-2-4-10(5-3-1)14-17-15(20-19-14)11-6-7-13-12(8-11)9-16-18-13/h9-11H,1-8H2,(H,16,18). The quantitative estimate of drug-likeness (QED) is 0.912. The highest BCUT2D eigenvalue weighted by molar-refractivity contribution is 5.23. The second kappa shape index (κ2) is 5.04. The first-order valence-corrected chi connectivity index (χ1v) is 7.75. The summed E-state index contributed by atoms with van der Waals surface area (Å²) in [6, 6.07) is 0. The first kappa shape index (κ1) is 12.1. The monoisotopic (exact) mass is 272 g/mol. The summed E-state index contributed by atoms with van der Waals surface area (Å²) >= 11 is 0. The number of nitrogens with one attached hydrogen (secondary N) is 1. The molecule has 0 aliphatic heterocycles. The van der Waals surface area contributed by atoms with Gasteiger partial charge in [0.2, 0.25) is 5.89 Å². The van der Waals surface area contributed by atoms with Gasteiger partial charge in [0.15, 0.2) is 5.82 Å². The Hall–Kier alpha value is -1.65. The van der Waals surface area contributed by atoms with E-state index in [1.807, 2.05) is 6.20 Å². The van der Waals surface area contributed by atoms with Gasteiger partial charge in [0.1, 0.15) is 0 Å². The van der Waals surface area contributed by atoms with Crippen LogP contribution in [0.3, 0.4) is 0 Å². The van der Waals surface area contributed by atoms with Gasteiger partial charge in [-0.3, -0.25) is 5.10 Å². The van der Waals surface area contributed by atoms with Crippen LogP contribution in [0.4, 0.5) is 0 Å². The van der Waals surface area contributed by atoms with E-state index in [1.54, 1.807) is 0 Å². The van der Waals surface area contributed by atoms with E-state index in [-0.39, 0.29) is 0 Å². The maximum absolute atomic E-state index is 5.56. The Morgan fingerprint density at radius 2 is 2.00 bits per heavy atom. The van der Waals surface area contributed by atoms with Crippen molar-refractivity contribution in [3.8, 4) is 0 Å². The molecule has 20 heavy (non-hydrogen) atoms. The number of nitrogens with zero attached hydrogens (tertiary/aromatic N) is 3. The fourth-order valence-electron chi connectivity index (χ4n) is 3.57. The van der Waals surface area contributed by atoms with Crippen molar-refractivity contribution in [1.82, 2.24) is 20.3 Å². The summed E-state index contributed by atoms with van der Waals surface area (Å²) in [6.07, 6.45) is 11.4. The minimum atomic E-state index is 0.366. The van der Waals surface area contributed by atoms with Gasteiger partial charge in [0, 0.05) is 17.5 Å². The molecule has 2 heterocycles. The van der Waals surface area contributed by atoms with Crippen LogP contribution in [0.1, 0.15) is 73.3 Å². The Balaban J connectivity index is 1.51. The summed E-state index contributed by atoms with van der Waals surface area (Å²) in [6.45, 7) is 0. The number of aromatic nitrogens is 4. The van der Waals surface area contributed by atoms with Gasteiger partial charge in [-0.1, -0.05) is 24.4 Å². The lowest BCUT2D eigenvalue weighted by atomic mass is 9.87. The molecule has 0 bridgehead atoms. The normalized spacial score (nSPS) is 23.7. The molecule has 0 spiro atoms. The number of rotatable bonds is 2. The number of aryl methyl sites for hydroxylation is 1. The summed E-state index contributed by atoms with van der Waals surface area (Å²) in [5.74, 6) is 2.66. The zero-order chi connectivity index (χ0) is 13.4. The number of fused-ring (bicyclic) bond motifs is 1. The summed E-state index contributed by atoms with van der Waals surface area (Å²) in [5.41, 5.74) is 2.58. The molecule has 2 aliphatic rings. The SMILES string of the molecule is c1n[nH]c2c1CC(c1nc(C3CCCCC3)no1)CC2. The topological polar surface area (TPSA) is 67.6 Å². The van der Waals surface area contributed by atoms with Crippen LogP contribution in [-0.4, -0.2) is 20.3 Å². The Morgan fingerprint density at radius 1 is 1.10 bits per heavy atom. The van der Waals surface area contributed by atoms with Crippen LogP contribution in [0.15, 0.2) is 10.7 Å². The van der Waals surface area contributed by atoms with Crippen LogP contribution < -0.4 is 0 Å². The first-order chi connectivity index (χ1) is 9.90. The van der Waals surface area contributed by atoms with Crippen molar-refractivity contribution in [3.05, 3.63) is 29.2 Å². The van der Waals surface area contributed by atoms with E-state index in [0.717, 1.165) is 31.0 Å². The van der Waals surface area contributed by atoms with Gasteiger partial charge in [-0.2, -0.15) is 10.1 Å². The molecule has 0 radical (unpaired) electrons. The molecule has 1 fully saturated rings. The van der Waals surface area contributed by atoms with E-state index < -0.39 is 0 Å². The van der Waals surface area contributed by atoms with E-state index >= 15 is 0 Å². The Labute approximate surface area is 118 Å². The summed E-state index contributed by atoms with van der Waals surface area (Å²) in [5, 5.41) is 11.4. The maximum atomic E-state index is 5.56. The number of aromatic amines is 1. The molecule has 1 saturated carbocycles. The van der Waals surface area contributed by atoms with Crippen LogP contribution in [0.25, 0.3) is 0 Å². The molecule has 1 atom stereocenters. The highest BCUT2D eigenvalue weighted by atomic mass is 16.5. The van der Waals surface area contributed by atoms with E-state index in [2.05, 4.69) is 15.4 Å². The lowest BCUT2D eigenvalue weighted by Crippen LogP contribution is -2.12. The van der Waals surface area contributed by atoms with Crippen molar-refractivity contribution in [2.75, 3.05) is 0 Å². The lowest BCUT2D eigenvalue weighted by Gasteiger charge is -2.18. The lowest BCUT2D eigenvalue weighted by molar-refractivity contribution is 0.330. The zero-order valence-corrected chi connectivity index (χ0v) is 11.6. The molecule has 0 saturated heterocycles. The van der Waals surface area contributed by atoms with Crippen LogP contribution in [-0.2, 0) is 12.8 Å². The molecule has 2 aromatic heterocycles. The number of hydrogen-bond donors (Lipinski definition) is 1. The van der Waals surface area contributed by atoms with Crippen molar-refractivity contribution < 1.29 is 4.52 Å². The van der Waals surface area contributed by atoms with Gasteiger partial charge in [-0.15, -0.1) is 0 Å². The van der Waals surface area contributed by atoms with Gasteiger partial charge >= 0.3 is 0 Å². The largest absolute Gasteiger partial charge is 0.339 e. The molecule has 5 heteroatoms. The first-order valence-electron chi connectivity index (χ1n) is 7.75. The Kier molecular flexibility index (Phi) is 3.05. The van der Waals surface area contributed by atoms with Crippen molar-refractivity contribution in [2.45, 2.75) is 63.2 Å². The molecule has 0 aromatic carbocycles. The molecular weight excluding hydrogens is 252 g/mol. The smallest absolute Gasteiger partial charge is 0.230 e. The molecular formula is C15H20N4O. The molecule has 1 N–H and O–H groups in total. The predicted molar refractivity (Wildman–Crippen MR) is 73.5 cm³/mol. The van der Waals surface area contributed by atoms with E-state index in [1.165, 1.54) is 43.4 Å². The molecule has 0 amide bonds. The Morgan fingerprint density at radius 3 is 2.90 bits per heavy atom. The van der Waals surface area contributed by atoms with Crippen molar-refractivity contribution in [2.24, 2.45) is 0 Å². The molecule has 1 unspecified atom stereocenters. The third-order valence-electron chi connectivity index (χ3n) is 4.79. The average molecular weight is 272 g/mol. The van der Waals surface area contributed by atoms with Gasteiger partial charge in [0.25, 0.3) is 0 Å². The second-order valence-corrected chi connectivity index (χ2v) is 6.14. The minimum Gasteiger partial charge on any atom is -0.339 e. The van der Waals surface area contributed by atoms with Gasteiger partial charge in [-0.25, -0.2) is 0 Å². The fraction of sp³-hybridized carbons (Fsp3) is 0.667. The Bertz CT molecular complexity index is 582. The summed E-state index contributed by atoms with van der Waals surface area (Å²) in [7, 11) is 0. The minimum absolute atomic E-state index is 0.366. The molecule has 5 nitrogen and oxygen atoms in total. The van der Waals surface area contributed by atoms with Crippen LogP contribution in [0.2, 0.25) is 0 Å². The molecule has 4 rings (SSSR count). The second-order valence-electron chi connectivity index (χ2n) is 6.14. The fourth-order valence-corrected chi connectivity index (χ4v) is 3.57. The van der Waals surface area contributed by atoms with Crippen molar-refractivity contribution in [3.63, 3.8) is 0 Å². The number of hydrogen-bond acceptors (Lipinski definition) is 4. The predicted octanol–water partition coefficient (Wildman–Crippen LogP) is 3.11. The van der Waals surface area contributed by atoms with Crippen molar-refractivity contribution in [1.29, 1.82) is 0 Å². The third-order valence-corrected chi connectivity index (χ3v) is 4.79. The maximum Gasteiger partial charge on any atom is 0.230 e. The van der Waals surface area contributed by atoms with E-state index in [9.17, 15) is 0 Å². The molecule has 106 valence electrons. The van der Waals surface area contributed by atoms with Crippen molar-refractivity contribution >= 4 is 0 Å². The molecule has 2 aliphatic carbocycles.